The quantitative estimate of drug-likeness (QED) is 0.0418. The molecule has 0 fully saturated rings. The van der Waals surface area contributed by atoms with E-state index in [1.54, 1.807) is 0 Å². The molecule has 0 rings (SSSR count). The second-order valence-electron chi connectivity index (χ2n) is 19.7. The van der Waals surface area contributed by atoms with Gasteiger partial charge in [0.25, 0.3) is 0 Å². The van der Waals surface area contributed by atoms with Crippen LogP contribution in [0.25, 0.3) is 0 Å². The van der Waals surface area contributed by atoms with Crippen molar-refractivity contribution in [1.82, 2.24) is 5.32 Å². The number of esters is 1. The lowest BCUT2D eigenvalue weighted by molar-refractivity contribution is -0.151. The predicted molar refractivity (Wildman–Crippen MR) is 269 cm³/mol. The van der Waals surface area contributed by atoms with E-state index >= 15 is 0 Å². The molecule has 0 radical (unpaired) electrons. The number of aliphatic hydroxyl groups is 2. The zero-order valence-electron chi connectivity index (χ0n) is 42.3. The number of nitrogens with one attached hydrogen (secondary N) is 1. The van der Waals surface area contributed by atoms with Crippen molar-refractivity contribution in [3.05, 3.63) is 0 Å². The van der Waals surface area contributed by atoms with Crippen molar-refractivity contribution in [2.45, 2.75) is 341 Å². The highest BCUT2D eigenvalue weighted by molar-refractivity contribution is 5.77. The maximum atomic E-state index is 13.2. The van der Waals surface area contributed by atoms with Gasteiger partial charge in [-0.25, -0.2) is 0 Å². The number of hydrogen-bond acceptors (Lipinski definition) is 5. The normalized spacial score (nSPS) is 13.0. The van der Waals surface area contributed by atoms with Crippen molar-refractivity contribution in [2.24, 2.45) is 0 Å². The Hall–Kier alpha value is -1.14. The van der Waals surface area contributed by atoms with Crippen LogP contribution in [0, 0.1) is 0 Å². The molecule has 0 aliphatic carbocycles. The Kier molecular flexibility index (Phi) is 49.9. The van der Waals surface area contributed by atoms with E-state index in [0.717, 1.165) is 38.5 Å². The molecule has 62 heavy (non-hydrogen) atoms. The van der Waals surface area contributed by atoms with Crippen molar-refractivity contribution in [1.29, 1.82) is 0 Å². The second-order valence-corrected chi connectivity index (χ2v) is 19.7. The van der Waals surface area contributed by atoms with Gasteiger partial charge in [-0.2, -0.15) is 0 Å². The Morgan fingerprint density at radius 3 is 0.984 bits per heavy atom. The van der Waals surface area contributed by atoms with Gasteiger partial charge in [-0.05, 0) is 25.7 Å². The highest BCUT2D eigenvalue weighted by Crippen LogP contribution is 2.19. The molecule has 0 aromatic heterocycles. The number of unbranched alkanes of at least 4 members (excludes halogenated alkanes) is 40. The van der Waals surface area contributed by atoms with E-state index in [4.69, 9.17) is 4.74 Å². The summed E-state index contributed by atoms with van der Waals surface area (Å²) in [5.41, 5.74) is 0. The zero-order valence-corrected chi connectivity index (χ0v) is 42.3. The molecule has 0 spiro atoms. The molecular formula is C56H111NO5. The molecule has 0 aromatic carbocycles. The van der Waals surface area contributed by atoms with Gasteiger partial charge in [-0.3, -0.25) is 9.59 Å². The third-order valence-corrected chi connectivity index (χ3v) is 13.4. The lowest BCUT2D eigenvalue weighted by Gasteiger charge is -2.24. The lowest BCUT2D eigenvalue weighted by atomic mass is 10.0. The summed E-state index contributed by atoms with van der Waals surface area (Å²) in [4.78, 5) is 26.2. The van der Waals surface area contributed by atoms with Crippen molar-refractivity contribution in [3.8, 4) is 0 Å². The highest BCUT2D eigenvalue weighted by atomic mass is 16.5. The van der Waals surface area contributed by atoms with Crippen LogP contribution in [0.4, 0.5) is 0 Å². The van der Waals surface area contributed by atoms with Gasteiger partial charge in [0.15, 0.2) is 0 Å². The molecule has 3 atom stereocenters. The summed E-state index contributed by atoms with van der Waals surface area (Å²) < 4.78 is 5.96. The third kappa shape index (κ3) is 45.4. The minimum Gasteiger partial charge on any atom is -0.462 e. The molecule has 0 heterocycles. The summed E-state index contributed by atoms with van der Waals surface area (Å²) in [6.07, 6.45) is 55.9. The monoisotopic (exact) mass is 878 g/mol. The summed E-state index contributed by atoms with van der Waals surface area (Å²) in [5.74, 6) is -0.446. The number of amides is 1. The number of hydrogen-bond donors (Lipinski definition) is 3. The van der Waals surface area contributed by atoms with Gasteiger partial charge in [0.1, 0.15) is 6.10 Å². The van der Waals surface area contributed by atoms with Crippen LogP contribution >= 0.6 is 0 Å². The molecule has 6 heteroatoms. The molecule has 0 saturated heterocycles. The third-order valence-electron chi connectivity index (χ3n) is 13.4. The molecule has 0 bridgehead atoms. The van der Waals surface area contributed by atoms with E-state index in [0.29, 0.717) is 19.3 Å². The summed E-state index contributed by atoms with van der Waals surface area (Å²) in [7, 11) is 0. The molecule has 6 nitrogen and oxygen atoms in total. The standard InChI is InChI=1S/C56H111NO5/c1-4-7-10-13-16-19-22-25-27-28-29-30-32-35-38-41-44-47-52(62-56(61)49-46-43-40-37-34-31-26-23-20-17-14-11-8-5-2)50-55(60)57-53(51-58)54(59)48-45-42-39-36-33-24-21-18-15-12-9-6-3/h52-54,58-59H,4-51H2,1-3H3,(H,57,60). The fourth-order valence-corrected chi connectivity index (χ4v) is 9.14. The van der Waals surface area contributed by atoms with Crippen molar-refractivity contribution < 1.29 is 24.5 Å². The van der Waals surface area contributed by atoms with E-state index in [2.05, 4.69) is 26.1 Å². The van der Waals surface area contributed by atoms with Gasteiger partial charge >= 0.3 is 5.97 Å². The molecular weight excluding hydrogens is 767 g/mol. The van der Waals surface area contributed by atoms with Crippen LogP contribution in [-0.2, 0) is 14.3 Å². The molecule has 0 aromatic rings. The number of carbonyl (C=O) groups excluding carboxylic acids is 2. The first-order valence-electron chi connectivity index (χ1n) is 28.3. The highest BCUT2D eigenvalue weighted by Gasteiger charge is 2.24. The van der Waals surface area contributed by atoms with Crippen molar-refractivity contribution in [3.63, 3.8) is 0 Å². The topological polar surface area (TPSA) is 95.9 Å². The molecule has 1 amide bonds. The SMILES string of the molecule is CCCCCCCCCCCCCCCCCCCC(CC(=O)NC(CO)C(O)CCCCCCCCCCCCCC)OC(=O)CCCCCCCCCCCCCCCC. The molecule has 0 aliphatic rings. The number of carbonyl (C=O) groups is 2. The Morgan fingerprint density at radius 1 is 0.403 bits per heavy atom. The summed E-state index contributed by atoms with van der Waals surface area (Å²) in [6.45, 7) is 6.53. The van der Waals surface area contributed by atoms with Gasteiger partial charge in [0, 0.05) is 6.42 Å². The molecule has 0 saturated carbocycles. The van der Waals surface area contributed by atoms with E-state index in [9.17, 15) is 19.8 Å². The average molecular weight is 879 g/mol. The smallest absolute Gasteiger partial charge is 0.306 e. The first kappa shape index (κ1) is 60.9. The van der Waals surface area contributed by atoms with Gasteiger partial charge in [0.2, 0.25) is 5.91 Å². The maximum Gasteiger partial charge on any atom is 0.306 e. The van der Waals surface area contributed by atoms with Crippen LogP contribution in [0.5, 0.6) is 0 Å². The number of rotatable bonds is 52. The number of ether oxygens (including phenoxy) is 1. The molecule has 3 unspecified atom stereocenters. The van der Waals surface area contributed by atoms with Crippen molar-refractivity contribution in [2.75, 3.05) is 6.61 Å². The van der Waals surface area contributed by atoms with Crippen LogP contribution in [0.1, 0.15) is 323 Å². The Bertz CT molecular complexity index is 898. The van der Waals surface area contributed by atoms with E-state index in [1.807, 2.05) is 0 Å². The van der Waals surface area contributed by atoms with Crippen LogP contribution in [0.3, 0.4) is 0 Å². The number of aliphatic hydroxyl groups excluding tert-OH is 2. The van der Waals surface area contributed by atoms with Gasteiger partial charge in [0.05, 0.1) is 25.2 Å². The summed E-state index contributed by atoms with van der Waals surface area (Å²) in [5, 5.41) is 23.8. The predicted octanol–water partition coefficient (Wildman–Crippen LogP) is 17.1. The molecule has 0 aliphatic heterocycles. The van der Waals surface area contributed by atoms with Crippen LogP contribution in [-0.4, -0.2) is 46.9 Å². The summed E-state index contributed by atoms with van der Waals surface area (Å²) >= 11 is 0. The molecule has 3 N–H and O–H groups in total. The van der Waals surface area contributed by atoms with Crippen LogP contribution in [0.2, 0.25) is 0 Å². The average Bonchev–Trinajstić information content (AvgIpc) is 3.26. The van der Waals surface area contributed by atoms with E-state index in [1.165, 1.54) is 238 Å². The Labute approximate surface area is 387 Å². The zero-order chi connectivity index (χ0) is 45.2. The van der Waals surface area contributed by atoms with E-state index < -0.39 is 18.2 Å². The first-order chi connectivity index (χ1) is 30.5. The Balaban J connectivity index is 4.50. The first-order valence-corrected chi connectivity index (χ1v) is 28.3. The Morgan fingerprint density at radius 2 is 0.677 bits per heavy atom. The molecule has 370 valence electrons. The minimum absolute atomic E-state index is 0.0885. The van der Waals surface area contributed by atoms with Gasteiger partial charge < -0.3 is 20.3 Å². The minimum atomic E-state index is -0.779. The maximum absolute atomic E-state index is 13.2. The van der Waals surface area contributed by atoms with Crippen LogP contribution in [0.15, 0.2) is 0 Å². The van der Waals surface area contributed by atoms with Crippen molar-refractivity contribution >= 4 is 11.9 Å². The largest absolute Gasteiger partial charge is 0.462 e. The lowest BCUT2D eigenvalue weighted by Crippen LogP contribution is -2.46. The fraction of sp³-hybridized carbons (Fsp3) is 0.964. The van der Waals surface area contributed by atoms with Gasteiger partial charge in [-0.1, -0.05) is 284 Å². The summed E-state index contributed by atoms with van der Waals surface area (Å²) in [6, 6.07) is -0.692. The van der Waals surface area contributed by atoms with Gasteiger partial charge in [-0.15, -0.1) is 0 Å². The van der Waals surface area contributed by atoms with E-state index in [-0.39, 0.29) is 24.9 Å². The fourth-order valence-electron chi connectivity index (χ4n) is 9.14. The second kappa shape index (κ2) is 50.9. The van der Waals surface area contributed by atoms with Crippen LogP contribution < -0.4 is 5.32 Å².